The number of ether oxygens (including phenoxy) is 1. The first-order chi connectivity index (χ1) is 14.1. The topological polar surface area (TPSA) is 70.7 Å². The minimum Gasteiger partial charge on any atom is -0.487 e. The molecule has 3 rings (SSSR count). The Balaban J connectivity index is 1.42. The number of anilines is 1. The first kappa shape index (κ1) is 21.0. The summed E-state index contributed by atoms with van der Waals surface area (Å²) in [5.74, 6) is 0.757. The highest BCUT2D eigenvalue weighted by molar-refractivity contribution is 8.02. The molecule has 1 aliphatic rings. The quantitative estimate of drug-likeness (QED) is 0.699. The summed E-state index contributed by atoms with van der Waals surface area (Å²) in [4.78, 5) is 26.6. The average Bonchev–Trinajstić information content (AvgIpc) is 2.75. The first-order valence-corrected chi connectivity index (χ1v) is 10.5. The number of hydrogen-bond acceptors (Lipinski definition) is 5. The minimum atomic E-state index is -0.282. The third kappa shape index (κ3) is 6.66. The predicted octanol–water partition coefficient (Wildman–Crippen LogP) is 3.09. The third-order valence-electron chi connectivity index (χ3n) is 4.35. The SMILES string of the molecule is CN(CCNC(=O)c1ccc(NC(=O)C2=CSCCO2)cc1)Cc1ccccc1. The molecule has 0 saturated carbocycles. The van der Waals surface area contributed by atoms with Gasteiger partial charge in [0.25, 0.3) is 11.8 Å². The van der Waals surface area contributed by atoms with Crippen LogP contribution in [0.1, 0.15) is 15.9 Å². The molecule has 0 spiro atoms. The lowest BCUT2D eigenvalue weighted by molar-refractivity contribution is -0.116. The van der Waals surface area contributed by atoms with Gasteiger partial charge >= 0.3 is 0 Å². The molecule has 2 aromatic rings. The van der Waals surface area contributed by atoms with E-state index in [9.17, 15) is 9.59 Å². The third-order valence-corrected chi connectivity index (χ3v) is 5.14. The second-order valence-corrected chi connectivity index (χ2v) is 7.69. The van der Waals surface area contributed by atoms with Gasteiger partial charge in [-0.1, -0.05) is 30.3 Å². The molecular formula is C22H25N3O3S. The maximum Gasteiger partial charge on any atom is 0.291 e. The van der Waals surface area contributed by atoms with Crippen molar-refractivity contribution in [2.75, 3.05) is 37.8 Å². The standard InChI is InChI=1S/C22H25N3O3S/c1-25(15-17-5-3-2-4-6-17)12-11-23-21(26)18-7-9-19(10-8-18)24-22(27)20-16-29-14-13-28-20/h2-10,16H,11-15H2,1H3,(H,23,26)(H,24,27). The van der Waals surface area contributed by atoms with Crippen LogP contribution in [0.15, 0.2) is 65.8 Å². The number of benzene rings is 2. The normalized spacial score (nSPS) is 13.4. The van der Waals surface area contributed by atoms with Crippen LogP contribution in [0.25, 0.3) is 0 Å². The Kier molecular flexibility index (Phi) is 7.72. The van der Waals surface area contributed by atoms with E-state index in [0.29, 0.717) is 30.2 Å². The van der Waals surface area contributed by atoms with Crippen molar-refractivity contribution in [1.29, 1.82) is 0 Å². The van der Waals surface area contributed by atoms with Crippen LogP contribution >= 0.6 is 11.8 Å². The van der Waals surface area contributed by atoms with Gasteiger partial charge in [-0.25, -0.2) is 0 Å². The Morgan fingerprint density at radius 1 is 1.07 bits per heavy atom. The van der Waals surface area contributed by atoms with E-state index in [1.54, 1.807) is 41.4 Å². The number of nitrogens with one attached hydrogen (secondary N) is 2. The summed E-state index contributed by atoms with van der Waals surface area (Å²) in [6.07, 6.45) is 0. The summed E-state index contributed by atoms with van der Waals surface area (Å²) in [5, 5.41) is 7.42. The Labute approximate surface area is 175 Å². The lowest BCUT2D eigenvalue weighted by atomic mass is 10.2. The number of likely N-dealkylation sites (N-methyl/N-ethyl adjacent to an activating group) is 1. The van der Waals surface area contributed by atoms with Gasteiger partial charge in [-0.3, -0.25) is 9.59 Å². The lowest BCUT2D eigenvalue weighted by Gasteiger charge is -2.17. The fourth-order valence-corrected chi connectivity index (χ4v) is 3.45. The summed E-state index contributed by atoms with van der Waals surface area (Å²) in [7, 11) is 2.03. The zero-order valence-corrected chi connectivity index (χ0v) is 17.2. The van der Waals surface area contributed by atoms with Gasteiger partial charge in [0.1, 0.15) is 0 Å². The maximum absolute atomic E-state index is 12.3. The van der Waals surface area contributed by atoms with E-state index < -0.39 is 0 Å². The van der Waals surface area contributed by atoms with E-state index in [0.717, 1.165) is 18.8 Å². The van der Waals surface area contributed by atoms with Crippen molar-refractivity contribution in [3.8, 4) is 0 Å². The molecule has 0 saturated heterocycles. The molecule has 0 fully saturated rings. The molecule has 2 aromatic carbocycles. The van der Waals surface area contributed by atoms with Crippen molar-refractivity contribution in [2.45, 2.75) is 6.54 Å². The van der Waals surface area contributed by atoms with Crippen molar-refractivity contribution in [2.24, 2.45) is 0 Å². The second-order valence-electron chi connectivity index (χ2n) is 6.71. The number of amides is 2. The van der Waals surface area contributed by atoms with E-state index in [1.165, 1.54) is 5.56 Å². The minimum absolute atomic E-state index is 0.134. The molecule has 6 nitrogen and oxygen atoms in total. The van der Waals surface area contributed by atoms with Gasteiger partial charge in [-0.2, -0.15) is 0 Å². The molecule has 152 valence electrons. The maximum atomic E-state index is 12.3. The van der Waals surface area contributed by atoms with Crippen molar-refractivity contribution >= 4 is 29.3 Å². The molecule has 0 radical (unpaired) electrons. The lowest BCUT2D eigenvalue weighted by Crippen LogP contribution is -2.32. The fraction of sp³-hybridized carbons (Fsp3) is 0.273. The molecular weight excluding hydrogens is 386 g/mol. The predicted molar refractivity (Wildman–Crippen MR) is 117 cm³/mol. The van der Waals surface area contributed by atoms with Crippen LogP contribution in [0, 0.1) is 0 Å². The molecule has 7 heteroatoms. The van der Waals surface area contributed by atoms with Crippen LogP contribution in [0.2, 0.25) is 0 Å². The van der Waals surface area contributed by atoms with Crippen molar-refractivity contribution in [3.05, 3.63) is 76.9 Å². The largest absolute Gasteiger partial charge is 0.487 e. The monoisotopic (exact) mass is 411 g/mol. The summed E-state index contributed by atoms with van der Waals surface area (Å²) >= 11 is 1.55. The van der Waals surface area contributed by atoms with Crippen LogP contribution < -0.4 is 10.6 Å². The fourth-order valence-electron chi connectivity index (χ4n) is 2.82. The van der Waals surface area contributed by atoms with Crippen molar-refractivity contribution in [1.82, 2.24) is 10.2 Å². The highest BCUT2D eigenvalue weighted by Gasteiger charge is 2.14. The molecule has 0 unspecified atom stereocenters. The average molecular weight is 412 g/mol. The van der Waals surface area contributed by atoms with Crippen molar-refractivity contribution < 1.29 is 14.3 Å². The van der Waals surface area contributed by atoms with Gasteiger partial charge in [0, 0.05) is 42.0 Å². The van der Waals surface area contributed by atoms with Crippen LogP contribution in [-0.2, 0) is 16.1 Å². The molecule has 29 heavy (non-hydrogen) atoms. The zero-order chi connectivity index (χ0) is 20.5. The highest BCUT2D eigenvalue weighted by Crippen LogP contribution is 2.17. The molecule has 0 atom stereocenters. The van der Waals surface area contributed by atoms with Crippen LogP contribution in [0.4, 0.5) is 5.69 Å². The van der Waals surface area contributed by atoms with Crippen molar-refractivity contribution in [3.63, 3.8) is 0 Å². The molecule has 2 N–H and O–H groups in total. The van der Waals surface area contributed by atoms with E-state index in [2.05, 4.69) is 27.7 Å². The summed E-state index contributed by atoms with van der Waals surface area (Å²) in [6, 6.07) is 17.0. The van der Waals surface area contributed by atoms with Crippen LogP contribution in [0.3, 0.4) is 0 Å². The van der Waals surface area contributed by atoms with E-state index in [-0.39, 0.29) is 11.8 Å². The van der Waals surface area contributed by atoms with Gasteiger partial charge < -0.3 is 20.3 Å². The smallest absolute Gasteiger partial charge is 0.291 e. The summed E-state index contributed by atoms with van der Waals surface area (Å²) in [6.45, 7) is 2.68. The Morgan fingerprint density at radius 3 is 2.52 bits per heavy atom. The number of rotatable bonds is 8. The number of carbonyl (C=O) groups excluding carboxylic acids is 2. The van der Waals surface area contributed by atoms with Gasteiger partial charge in [0.15, 0.2) is 5.76 Å². The Bertz CT molecular complexity index is 853. The van der Waals surface area contributed by atoms with Gasteiger partial charge in [-0.15, -0.1) is 11.8 Å². The van der Waals surface area contributed by atoms with Gasteiger partial charge in [0.2, 0.25) is 0 Å². The number of carbonyl (C=O) groups is 2. The zero-order valence-electron chi connectivity index (χ0n) is 16.4. The van der Waals surface area contributed by atoms with E-state index in [1.807, 2.05) is 25.2 Å². The molecule has 2 amide bonds. The van der Waals surface area contributed by atoms with Crippen LogP contribution in [0.5, 0.6) is 0 Å². The number of hydrogen-bond donors (Lipinski definition) is 2. The second kappa shape index (κ2) is 10.7. The highest BCUT2D eigenvalue weighted by atomic mass is 32.2. The van der Waals surface area contributed by atoms with E-state index in [4.69, 9.17) is 4.74 Å². The van der Waals surface area contributed by atoms with Gasteiger partial charge in [-0.05, 0) is 36.9 Å². The van der Waals surface area contributed by atoms with Gasteiger partial charge in [0.05, 0.1) is 6.61 Å². The molecule has 1 aliphatic heterocycles. The molecule has 1 heterocycles. The first-order valence-electron chi connectivity index (χ1n) is 9.48. The Morgan fingerprint density at radius 2 is 1.83 bits per heavy atom. The molecule has 0 aromatic heterocycles. The molecule has 0 bridgehead atoms. The van der Waals surface area contributed by atoms with E-state index >= 15 is 0 Å². The number of thioether (sulfide) groups is 1. The Hall–Kier alpha value is -2.77. The summed E-state index contributed by atoms with van der Waals surface area (Å²) < 4.78 is 5.34. The number of nitrogens with zero attached hydrogens (tertiary/aromatic N) is 1. The summed E-state index contributed by atoms with van der Waals surface area (Å²) in [5.41, 5.74) is 2.42. The molecule has 0 aliphatic carbocycles. The van der Waals surface area contributed by atoms with Crippen LogP contribution in [-0.4, -0.2) is 49.2 Å².